The van der Waals surface area contributed by atoms with E-state index in [1.165, 1.54) is 0 Å². The third-order valence-corrected chi connectivity index (χ3v) is 5.44. The summed E-state index contributed by atoms with van der Waals surface area (Å²) in [6.07, 6.45) is 2.30. The first kappa shape index (κ1) is 16.3. The highest BCUT2D eigenvalue weighted by Gasteiger charge is 2.36. The van der Waals surface area contributed by atoms with Gasteiger partial charge < -0.3 is 15.3 Å². The van der Waals surface area contributed by atoms with Crippen LogP contribution in [0.4, 0.5) is 5.69 Å². The minimum Gasteiger partial charge on any atom is -0.508 e. The van der Waals surface area contributed by atoms with E-state index in [0.717, 1.165) is 41.8 Å². The molecule has 25 heavy (non-hydrogen) atoms. The number of carbonyl (C=O) groups is 1. The van der Waals surface area contributed by atoms with Gasteiger partial charge in [0.25, 0.3) is 0 Å². The highest BCUT2D eigenvalue weighted by atomic mass is 35.5. The Morgan fingerprint density at radius 2 is 2.12 bits per heavy atom. The maximum absolute atomic E-state index is 12.4. The largest absolute Gasteiger partial charge is 0.508 e. The molecular formula is C20H21ClN2O2. The summed E-state index contributed by atoms with van der Waals surface area (Å²) in [6, 6.07) is 11.3. The fourth-order valence-corrected chi connectivity index (χ4v) is 4.35. The lowest BCUT2D eigenvalue weighted by molar-refractivity contribution is -0.130. The molecule has 0 radical (unpaired) electrons. The molecule has 4 nitrogen and oxygen atoms in total. The zero-order valence-corrected chi connectivity index (χ0v) is 14.9. The summed E-state index contributed by atoms with van der Waals surface area (Å²) in [5, 5.41) is 14.1. The Bertz CT molecular complexity index is 836. The van der Waals surface area contributed by atoms with E-state index in [0.29, 0.717) is 11.4 Å². The number of hydrogen-bond donors (Lipinski definition) is 2. The molecule has 0 bridgehead atoms. The predicted molar refractivity (Wildman–Crippen MR) is 99.0 cm³/mol. The van der Waals surface area contributed by atoms with Gasteiger partial charge in [-0.25, -0.2) is 0 Å². The molecule has 1 amide bonds. The van der Waals surface area contributed by atoms with Crippen molar-refractivity contribution in [1.82, 2.24) is 4.90 Å². The number of hydrogen-bond acceptors (Lipinski definition) is 3. The van der Waals surface area contributed by atoms with E-state index < -0.39 is 0 Å². The lowest BCUT2D eigenvalue weighted by atomic mass is 9.87. The van der Waals surface area contributed by atoms with Gasteiger partial charge in [-0.3, -0.25) is 4.79 Å². The summed E-state index contributed by atoms with van der Waals surface area (Å²) >= 11 is 6.30. The number of amides is 1. The fourth-order valence-electron chi connectivity index (χ4n) is 4.07. The van der Waals surface area contributed by atoms with E-state index in [9.17, 15) is 9.90 Å². The number of anilines is 1. The van der Waals surface area contributed by atoms with Crippen LogP contribution in [-0.2, 0) is 4.79 Å². The molecule has 0 saturated carbocycles. The molecule has 0 aromatic heterocycles. The first-order chi connectivity index (χ1) is 12.0. The fraction of sp³-hybridized carbons (Fsp3) is 0.350. The van der Waals surface area contributed by atoms with E-state index in [1.807, 2.05) is 36.1 Å². The van der Waals surface area contributed by atoms with Crippen LogP contribution in [0.2, 0.25) is 5.02 Å². The third kappa shape index (κ3) is 2.95. The van der Waals surface area contributed by atoms with Crippen molar-refractivity contribution in [3.8, 4) is 5.75 Å². The summed E-state index contributed by atoms with van der Waals surface area (Å²) in [7, 11) is 0. The molecule has 2 heterocycles. The molecule has 4 rings (SSSR count). The van der Waals surface area contributed by atoms with Gasteiger partial charge in [-0.1, -0.05) is 23.7 Å². The van der Waals surface area contributed by atoms with Crippen LogP contribution in [0, 0.1) is 6.92 Å². The number of fused-ring (bicyclic) bond motifs is 1. The summed E-state index contributed by atoms with van der Waals surface area (Å²) in [4.78, 5) is 14.4. The van der Waals surface area contributed by atoms with Crippen molar-refractivity contribution in [2.45, 2.75) is 38.3 Å². The topological polar surface area (TPSA) is 52.6 Å². The molecular weight excluding hydrogens is 336 g/mol. The van der Waals surface area contributed by atoms with Crippen molar-refractivity contribution in [2.75, 3.05) is 11.9 Å². The first-order valence-corrected chi connectivity index (χ1v) is 9.05. The number of rotatable bonds is 2. The maximum Gasteiger partial charge on any atom is 0.223 e. The highest BCUT2D eigenvalue weighted by molar-refractivity contribution is 6.30. The monoisotopic (exact) mass is 356 g/mol. The van der Waals surface area contributed by atoms with E-state index in [2.05, 4.69) is 5.32 Å². The second kappa shape index (κ2) is 6.26. The number of halogens is 1. The van der Waals surface area contributed by atoms with Crippen LogP contribution in [0.25, 0.3) is 0 Å². The molecule has 2 aliphatic rings. The number of benzene rings is 2. The predicted octanol–water partition coefficient (Wildman–Crippen LogP) is 4.57. The maximum atomic E-state index is 12.4. The van der Waals surface area contributed by atoms with Gasteiger partial charge in [0.1, 0.15) is 5.75 Å². The zero-order valence-electron chi connectivity index (χ0n) is 14.1. The Labute approximate surface area is 152 Å². The quantitative estimate of drug-likeness (QED) is 0.828. The van der Waals surface area contributed by atoms with Crippen molar-refractivity contribution < 1.29 is 9.90 Å². The molecule has 130 valence electrons. The van der Waals surface area contributed by atoms with Gasteiger partial charge >= 0.3 is 0 Å². The lowest BCUT2D eigenvalue weighted by Crippen LogP contribution is -2.35. The van der Waals surface area contributed by atoms with Crippen molar-refractivity contribution in [3.05, 3.63) is 58.1 Å². The van der Waals surface area contributed by atoms with Gasteiger partial charge in [0, 0.05) is 23.7 Å². The van der Waals surface area contributed by atoms with Crippen molar-refractivity contribution in [2.24, 2.45) is 0 Å². The number of nitrogens with one attached hydrogen (secondary N) is 1. The third-order valence-electron chi connectivity index (χ3n) is 5.23. The van der Waals surface area contributed by atoms with Gasteiger partial charge in [0.15, 0.2) is 0 Å². The van der Waals surface area contributed by atoms with Gasteiger partial charge in [-0.15, -0.1) is 0 Å². The molecule has 2 aromatic carbocycles. The van der Waals surface area contributed by atoms with Crippen LogP contribution >= 0.6 is 11.6 Å². The van der Waals surface area contributed by atoms with E-state index >= 15 is 0 Å². The molecule has 2 atom stereocenters. The Hall–Kier alpha value is -2.20. The number of nitrogens with zero attached hydrogens (tertiary/aromatic N) is 1. The summed E-state index contributed by atoms with van der Waals surface area (Å²) in [5.41, 5.74) is 4.24. The van der Waals surface area contributed by atoms with Gasteiger partial charge in [-0.05, 0) is 60.7 Å². The Balaban J connectivity index is 1.79. The molecule has 0 aliphatic carbocycles. The molecule has 0 spiro atoms. The van der Waals surface area contributed by atoms with E-state index in [-0.39, 0.29) is 23.7 Å². The van der Waals surface area contributed by atoms with Crippen molar-refractivity contribution in [3.63, 3.8) is 0 Å². The summed E-state index contributed by atoms with van der Waals surface area (Å²) < 4.78 is 0. The minimum atomic E-state index is 0.0102. The first-order valence-electron chi connectivity index (χ1n) is 8.68. The molecule has 2 aromatic rings. The van der Waals surface area contributed by atoms with Crippen LogP contribution in [0.5, 0.6) is 5.75 Å². The Morgan fingerprint density at radius 1 is 1.28 bits per heavy atom. The number of aryl methyl sites for hydroxylation is 1. The lowest BCUT2D eigenvalue weighted by Gasteiger charge is -2.39. The second-order valence-corrected chi connectivity index (χ2v) is 7.36. The summed E-state index contributed by atoms with van der Waals surface area (Å²) in [6.45, 7) is 2.83. The van der Waals surface area contributed by atoms with E-state index in [1.54, 1.807) is 12.1 Å². The number of carbonyl (C=O) groups excluding carboxylic acids is 1. The van der Waals surface area contributed by atoms with Crippen LogP contribution in [-0.4, -0.2) is 22.5 Å². The van der Waals surface area contributed by atoms with Crippen LogP contribution in [0.3, 0.4) is 0 Å². The molecule has 1 saturated heterocycles. The Kier molecular flexibility index (Phi) is 4.08. The standard InChI is InChI=1S/C20H21ClN2O2/c1-12-8-14(21)10-16-18(23-7-3-6-19(23)25)11-17(22-20(12)16)13-4-2-5-15(24)9-13/h2,4-5,8-10,17-18,22,24H,3,6-7,11H2,1H3. The second-order valence-electron chi connectivity index (χ2n) is 6.92. The average molecular weight is 357 g/mol. The van der Waals surface area contributed by atoms with Gasteiger partial charge in [-0.2, -0.15) is 0 Å². The van der Waals surface area contributed by atoms with Crippen LogP contribution in [0.15, 0.2) is 36.4 Å². The number of phenolic OH excluding ortho intramolecular Hbond substituents is 1. The highest BCUT2D eigenvalue weighted by Crippen LogP contribution is 2.45. The number of likely N-dealkylation sites (tertiary alicyclic amines) is 1. The van der Waals surface area contributed by atoms with E-state index in [4.69, 9.17) is 11.6 Å². The zero-order chi connectivity index (χ0) is 17.6. The summed E-state index contributed by atoms with van der Waals surface area (Å²) in [5.74, 6) is 0.469. The number of phenols is 1. The molecule has 2 aliphatic heterocycles. The van der Waals surface area contributed by atoms with Crippen molar-refractivity contribution >= 4 is 23.2 Å². The molecule has 5 heteroatoms. The van der Waals surface area contributed by atoms with Crippen LogP contribution < -0.4 is 5.32 Å². The average Bonchev–Trinajstić information content (AvgIpc) is 3.00. The number of aromatic hydroxyl groups is 1. The van der Waals surface area contributed by atoms with Gasteiger partial charge in [0.05, 0.1) is 12.1 Å². The molecule has 1 fully saturated rings. The van der Waals surface area contributed by atoms with Crippen molar-refractivity contribution in [1.29, 1.82) is 0 Å². The SMILES string of the molecule is Cc1cc(Cl)cc2c1NC(c1cccc(O)c1)CC2N1CCCC1=O. The van der Waals surface area contributed by atoms with Gasteiger partial charge in [0.2, 0.25) is 5.91 Å². The molecule has 2 unspecified atom stereocenters. The molecule has 2 N–H and O–H groups in total. The van der Waals surface area contributed by atoms with Crippen LogP contribution in [0.1, 0.15) is 48.0 Å². The normalized spacial score (nSPS) is 22.6. The minimum absolute atomic E-state index is 0.0102. The Morgan fingerprint density at radius 3 is 2.84 bits per heavy atom. The smallest absolute Gasteiger partial charge is 0.223 e.